The van der Waals surface area contributed by atoms with Gasteiger partial charge in [0.15, 0.2) is 0 Å². The number of nitrogens with one attached hydrogen (secondary N) is 2. The first-order chi connectivity index (χ1) is 13.1. The zero-order valence-corrected chi connectivity index (χ0v) is 15.1. The highest BCUT2D eigenvalue weighted by atomic mass is 16.6. The molecule has 0 radical (unpaired) electrons. The van der Waals surface area contributed by atoms with Gasteiger partial charge in [-0.1, -0.05) is 0 Å². The van der Waals surface area contributed by atoms with Gasteiger partial charge in [0, 0.05) is 25.1 Å². The summed E-state index contributed by atoms with van der Waals surface area (Å²) in [6, 6.07) is 7.03. The lowest BCUT2D eigenvalue weighted by Crippen LogP contribution is -2.57. The summed E-state index contributed by atoms with van der Waals surface area (Å²) in [7, 11) is 0. The number of nitrogens with zero attached hydrogens (tertiary/aromatic N) is 2. The molecule has 4 heterocycles. The Hall–Kier alpha value is -2.87. The van der Waals surface area contributed by atoms with Crippen molar-refractivity contribution < 1.29 is 18.7 Å². The van der Waals surface area contributed by atoms with Crippen LogP contribution >= 0.6 is 0 Å². The van der Waals surface area contributed by atoms with Gasteiger partial charge in [-0.2, -0.15) is 4.98 Å². The van der Waals surface area contributed by atoms with E-state index in [1.807, 2.05) is 0 Å². The predicted octanol–water partition coefficient (Wildman–Crippen LogP) is 2.25. The number of benzene rings is 1. The lowest BCUT2D eigenvalue weighted by atomic mass is 9.84. The third kappa shape index (κ3) is 4.11. The Labute approximate surface area is 156 Å². The molecule has 0 unspecified atom stereocenters. The number of hydrogen-bond donors (Lipinski definition) is 2. The molecular weight excluding hydrogens is 348 g/mol. The Balaban J connectivity index is 1.35. The molecule has 142 valence electrons. The molecule has 5 rings (SSSR count). The van der Waals surface area contributed by atoms with Gasteiger partial charge in [0.05, 0.1) is 6.20 Å². The largest absolute Gasteiger partial charge is 0.411 e. The van der Waals surface area contributed by atoms with Crippen LogP contribution in [0.3, 0.4) is 0 Å². The number of fused-ring (bicyclic) bond motifs is 3. The van der Waals surface area contributed by atoms with Crippen LogP contribution < -0.4 is 15.4 Å². The summed E-state index contributed by atoms with van der Waals surface area (Å²) in [4.78, 5) is 29.9. The van der Waals surface area contributed by atoms with Crippen LogP contribution in [-0.2, 0) is 4.79 Å². The van der Waals surface area contributed by atoms with Crippen molar-refractivity contribution in [2.75, 3.05) is 25.0 Å². The first-order valence-electron chi connectivity index (χ1n) is 9.11. The van der Waals surface area contributed by atoms with E-state index in [0.717, 1.165) is 32.5 Å². The van der Waals surface area contributed by atoms with Gasteiger partial charge in [0.25, 0.3) is 5.91 Å². The molecule has 0 saturated carbocycles. The topological polar surface area (TPSA) is 96.7 Å². The average molecular weight is 370 g/mol. The van der Waals surface area contributed by atoms with Gasteiger partial charge in [0.1, 0.15) is 5.75 Å². The van der Waals surface area contributed by atoms with Crippen LogP contribution in [0, 0.1) is 5.92 Å². The first kappa shape index (κ1) is 17.5. The maximum Gasteiger partial charge on any atom is 0.401 e. The van der Waals surface area contributed by atoms with E-state index in [1.165, 1.54) is 13.1 Å². The van der Waals surface area contributed by atoms with E-state index in [0.29, 0.717) is 17.2 Å². The standard InChI is InChI=1S/C19H22N4O4/c1-12(24)21-17-10-20-19(27-17)26-15-4-2-14(3-5-15)18(25)22-16-11-23-8-6-13(16)7-9-23/h2-5,10,13,16H,6-9,11H2,1H3,(H,21,24)(H,22,25)/t16-/m0/s1. The van der Waals surface area contributed by atoms with Gasteiger partial charge >= 0.3 is 6.08 Å². The molecule has 3 saturated heterocycles. The second kappa shape index (κ2) is 7.40. The van der Waals surface area contributed by atoms with E-state index in [4.69, 9.17) is 9.15 Å². The quantitative estimate of drug-likeness (QED) is 0.838. The number of carbonyl (C=O) groups excluding carboxylic acids is 2. The van der Waals surface area contributed by atoms with E-state index in [-0.39, 0.29) is 29.8 Å². The third-order valence-corrected chi connectivity index (χ3v) is 5.08. The van der Waals surface area contributed by atoms with Crippen molar-refractivity contribution in [1.82, 2.24) is 15.2 Å². The molecule has 8 heteroatoms. The Morgan fingerprint density at radius 1 is 1.22 bits per heavy atom. The number of ether oxygens (including phenoxy) is 1. The number of rotatable bonds is 5. The molecule has 1 atom stereocenters. The van der Waals surface area contributed by atoms with Gasteiger partial charge in [0.2, 0.25) is 11.8 Å². The Kier molecular flexibility index (Phi) is 4.81. The lowest BCUT2D eigenvalue weighted by Gasteiger charge is -2.44. The summed E-state index contributed by atoms with van der Waals surface area (Å²) in [6.45, 7) is 4.61. The highest BCUT2D eigenvalue weighted by molar-refractivity contribution is 5.94. The molecule has 8 nitrogen and oxygen atoms in total. The van der Waals surface area contributed by atoms with Gasteiger partial charge < -0.3 is 19.4 Å². The molecule has 3 fully saturated rings. The number of carbonyl (C=O) groups is 2. The molecule has 27 heavy (non-hydrogen) atoms. The van der Waals surface area contributed by atoms with E-state index >= 15 is 0 Å². The van der Waals surface area contributed by atoms with Crippen LogP contribution in [0.4, 0.5) is 5.88 Å². The van der Waals surface area contributed by atoms with E-state index in [9.17, 15) is 9.59 Å². The minimum atomic E-state index is -0.254. The fourth-order valence-electron chi connectivity index (χ4n) is 3.69. The Morgan fingerprint density at radius 3 is 2.59 bits per heavy atom. The molecule has 2 N–H and O–H groups in total. The number of aromatic nitrogens is 1. The highest BCUT2D eigenvalue weighted by Gasteiger charge is 2.34. The molecule has 1 aromatic carbocycles. The van der Waals surface area contributed by atoms with Gasteiger partial charge in [-0.15, -0.1) is 0 Å². The third-order valence-electron chi connectivity index (χ3n) is 5.08. The summed E-state index contributed by atoms with van der Waals surface area (Å²) >= 11 is 0. The Bertz CT molecular complexity index is 824. The van der Waals surface area contributed by atoms with Crippen molar-refractivity contribution in [1.29, 1.82) is 0 Å². The normalized spacial score (nSPS) is 23.7. The monoisotopic (exact) mass is 370 g/mol. The Morgan fingerprint density at radius 2 is 1.96 bits per heavy atom. The summed E-state index contributed by atoms with van der Waals surface area (Å²) < 4.78 is 10.8. The van der Waals surface area contributed by atoms with Crippen molar-refractivity contribution in [2.24, 2.45) is 5.92 Å². The number of piperidine rings is 3. The van der Waals surface area contributed by atoms with Crippen LogP contribution in [-0.4, -0.2) is 47.4 Å². The van der Waals surface area contributed by atoms with E-state index in [1.54, 1.807) is 24.3 Å². The van der Waals surface area contributed by atoms with Crippen LogP contribution in [0.15, 0.2) is 34.9 Å². The number of amides is 2. The molecular formula is C19H22N4O4. The van der Waals surface area contributed by atoms with Crippen molar-refractivity contribution >= 4 is 17.7 Å². The second-order valence-corrected chi connectivity index (χ2v) is 7.02. The molecule has 3 aliphatic heterocycles. The average Bonchev–Trinajstić information content (AvgIpc) is 3.09. The van der Waals surface area contributed by atoms with Crippen molar-refractivity contribution in [3.63, 3.8) is 0 Å². The molecule has 1 aromatic heterocycles. The van der Waals surface area contributed by atoms with E-state index < -0.39 is 0 Å². The smallest absolute Gasteiger partial charge is 0.401 e. The maximum absolute atomic E-state index is 12.5. The fourth-order valence-corrected chi connectivity index (χ4v) is 3.69. The highest BCUT2D eigenvalue weighted by Crippen LogP contribution is 2.28. The van der Waals surface area contributed by atoms with Crippen molar-refractivity contribution in [3.05, 3.63) is 36.0 Å². The minimum absolute atomic E-state index is 0.0169. The van der Waals surface area contributed by atoms with Crippen molar-refractivity contribution in [2.45, 2.75) is 25.8 Å². The fraction of sp³-hybridized carbons (Fsp3) is 0.421. The van der Waals surface area contributed by atoms with Gasteiger partial charge in [-0.3, -0.25) is 14.9 Å². The van der Waals surface area contributed by atoms with Crippen LogP contribution in [0.25, 0.3) is 0 Å². The summed E-state index contributed by atoms with van der Waals surface area (Å²) in [5, 5.41) is 5.65. The van der Waals surface area contributed by atoms with Crippen molar-refractivity contribution in [3.8, 4) is 11.8 Å². The molecule has 3 aliphatic rings. The lowest BCUT2D eigenvalue weighted by molar-refractivity contribution is -0.114. The first-order valence-corrected chi connectivity index (χ1v) is 9.11. The van der Waals surface area contributed by atoms with Crippen LogP contribution in [0.2, 0.25) is 0 Å². The maximum atomic E-state index is 12.5. The summed E-state index contributed by atoms with van der Waals surface area (Å²) in [5.41, 5.74) is 0.588. The van der Waals surface area contributed by atoms with Gasteiger partial charge in [-0.05, 0) is 56.1 Å². The number of oxazole rings is 1. The molecule has 0 spiro atoms. The van der Waals surface area contributed by atoms with E-state index in [2.05, 4.69) is 20.5 Å². The SMILES string of the molecule is CC(=O)Nc1cnc(Oc2ccc(C(=O)N[C@H]3CN4CCC3CC4)cc2)o1. The zero-order valence-electron chi connectivity index (χ0n) is 15.1. The van der Waals surface area contributed by atoms with Crippen LogP contribution in [0.5, 0.6) is 11.8 Å². The van der Waals surface area contributed by atoms with Gasteiger partial charge in [-0.25, -0.2) is 0 Å². The molecule has 2 amide bonds. The number of anilines is 1. The molecule has 2 aromatic rings. The number of hydrogen-bond acceptors (Lipinski definition) is 6. The summed E-state index contributed by atoms with van der Waals surface area (Å²) in [6.07, 6.45) is 3.71. The minimum Gasteiger partial charge on any atom is -0.411 e. The second-order valence-electron chi connectivity index (χ2n) is 7.02. The van der Waals surface area contributed by atoms with Crippen LogP contribution in [0.1, 0.15) is 30.1 Å². The predicted molar refractivity (Wildman–Crippen MR) is 97.7 cm³/mol. The molecule has 0 aliphatic carbocycles. The summed E-state index contributed by atoms with van der Waals surface area (Å²) in [5.74, 6) is 0.974. The zero-order chi connectivity index (χ0) is 18.8. The molecule has 2 bridgehead atoms.